The van der Waals surface area contributed by atoms with Crippen molar-refractivity contribution in [2.75, 3.05) is 5.32 Å². The van der Waals surface area contributed by atoms with Gasteiger partial charge in [-0.2, -0.15) is 0 Å². The molecule has 2 aliphatic rings. The molecule has 0 radical (unpaired) electrons. The molecule has 6 nitrogen and oxygen atoms in total. The van der Waals surface area contributed by atoms with Gasteiger partial charge in [0.2, 0.25) is 6.41 Å². The second kappa shape index (κ2) is 5.09. The van der Waals surface area contributed by atoms with Gasteiger partial charge in [0, 0.05) is 0 Å². The molecule has 0 atom stereocenters. The predicted molar refractivity (Wildman–Crippen MR) is 73.4 cm³/mol. The Bertz CT molecular complexity index is 488. The van der Waals surface area contributed by atoms with E-state index in [9.17, 15) is 9.90 Å². The van der Waals surface area contributed by atoms with Crippen molar-refractivity contribution in [2.24, 2.45) is 5.92 Å². The van der Waals surface area contributed by atoms with Gasteiger partial charge < -0.3 is 15.2 Å². The van der Waals surface area contributed by atoms with Crippen molar-refractivity contribution < 1.29 is 14.6 Å². The van der Waals surface area contributed by atoms with Gasteiger partial charge in [-0.3, -0.25) is 4.79 Å². The Morgan fingerprint density at radius 3 is 2.75 bits per heavy atom. The molecule has 1 aromatic heterocycles. The Balaban J connectivity index is 1.82. The fourth-order valence-electron chi connectivity index (χ4n) is 2.62. The molecule has 110 valence electrons. The highest BCUT2D eigenvalue weighted by Gasteiger charge is 2.36. The molecule has 0 bridgehead atoms. The summed E-state index contributed by atoms with van der Waals surface area (Å²) in [5, 5.41) is 17.7. The average Bonchev–Trinajstić information content (AvgIpc) is 3.15. The molecule has 0 aliphatic heterocycles. The van der Waals surface area contributed by atoms with Gasteiger partial charge >= 0.3 is 0 Å². The van der Waals surface area contributed by atoms with Crippen molar-refractivity contribution in [2.45, 2.75) is 57.3 Å². The van der Waals surface area contributed by atoms with E-state index in [4.69, 9.17) is 4.74 Å². The van der Waals surface area contributed by atoms with E-state index >= 15 is 0 Å². The van der Waals surface area contributed by atoms with Gasteiger partial charge in [-0.25, -0.2) is 4.68 Å². The molecule has 1 amide bonds. The third-order valence-electron chi connectivity index (χ3n) is 4.20. The monoisotopic (exact) mass is 279 g/mol. The fourth-order valence-corrected chi connectivity index (χ4v) is 2.62. The van der Waals surface area contributed by atoms with Crippen molar-refractivity contribution in [3.63, 3.8) is 0 Å². The van der Waals surface area contributed by atoms with Crippen molar-refractivity contribution in [3.05, 3.63) is 6.20 Å². The number of ether oxygens (including phenoxy) is 1. The van der Waals surface area contributed by atoms with Crippen LogP contribution >= 0.6 is 0 Å². The number of amides is 1. The van der Waals surface area contributed by atoms with E-state index in [0.29, 0.717) is 36.7 Å². The molecule has 1 heterocycles. The average molecular weight is 279 g/mol. The summed E-state index contributed by atoms with van der Waals surface area (Å²) in [6.45, 7) is 2.20. The first kappa shape index (κ1) is 13.4. The van der Waals surface area contributed by atoms with Crippen LogP contribution in [-0.4, -0.2) is 27.4 Å². The summed E-state index contributed by atoms with van der Waals surface area (Å²) in [5.74, 6) is 1.05. The molecule has 0 saturated heterocycles. The van der Waals surface area contributed by atoms with Gasteiger partial charge in [0.05, 0.1) is 6.20 Å². The zero-order valence-electron chi connectivity index (χ0n) is 11.7. The van der Waals surface area contributed by atoms with Crippen LogP contribution in [0, 0.1) is 5.92 Å². The number of nitrogens with zero attached hydrogens (tertiary/aromatic N) is 2. The number of aliphatic hydroxyl groups is 1. The predicted octanol–water partition coefficient (Wildman–Crippen LogP) is 1.85. The number of hydrogen-bond donors (Lipinski definition) is 2. The summed E-state index contributed by atoms with van der Waals surface area (Å²) < 4.78 is 7.24. The molecular weight excluding hydrogens is 258 g/mol. The lowest BCUT2D eigenvalue weighted by Gasteiger charge is -2.34. The highest BCUT2D eigenvalue weighted by Crippen LogP contribution is 2.38. The topological polar surface area (TPSA) is 76.4 Å². The van der Waals surface area contributed by atoms with E-state index in [1.807, 2.05) is 0 Å². The van der Waals surface area contributed by atoms with Gasteiger partial charge in [-0.1, -0.05) is 6.92 Å². The summed E-state index contributed by atoms with van der Waals surface area (Å²) >= 11 is 0. The maximum absolute atomic E-state index is 10.7. The van der Waals surface area contributed by atoms with Crippen molar-refractivity contribution in [1.82, 2.24) is 9.78 Å². The van der Waals surface area contributed by atoms with Gasteiger partial charge in [0.15, 0.2) is 5.72 Å². The first-order valence-electron chi connectivity index (χ1n) is 7.30. The number of rotatable bonds is 5. The summed E-state index contributed by atoms with van der Waals surface area (Å²) in [6, 6.07) is 0. The molecule has 6 heteroatoms. The quantitative estimate of drug-likeness (QED) is 0.806. The van der Waals surface area contributed by atoms with Crippen LogP contribution in [0.2, 0.25) is 0 Å². The Hall–Kier alpha value is -1.56. The lowest BCUT2D eigenvalue weighted by Crippen LogP contribution is -2.37. The fraction of sp³-hybridized carbons (Fsp3) is 0.714. The largest absolute Gasteiger partial charge is 0.472 e. The van der Waals surface area contributed by atoms with Crippen LogP contribution in [0.5, 0.6) is 5.88 Å². The number of carbonyl (C=O) groups is 1. The summed E-state index contributed by atoms with van der Waals surface area (Å²) in [4.78, 5) is 10.7. The third-order valence-corrected chi connectivity index (χ3v) is 4.20. The molecule has 2 N–H and O–H groups in total. The first-order chi connectivity index (χ1) is 9.60. The van der Waals surface area contributed by atoms with Crippen molar-refractivity contribution in [3.8, 4) is 5.88 Å². The maximum atomic E-state index is 10.7. The van der Waals surface area contributed by atoms with Crippen LogP contribution in [0.1, 0.15) is 45.4 Å². The van der Waals surface area contributed by atoms with E-state index in [-0.39, 0.29) is 6.10 Å². The van der Waals surface area contributed by atoms with Crippen molar-refractivity contribution >= 4 is 12.1 Å². The lowest BCUT2D eigenvalue weighted by molar-refractivity contribution is -0.105. The van der Waals surface area contributed by atoms with Crippen LogP contribution < -0.4 is 10.1 Å². The summed E-state index contributed by atoms with van der Waals surface area (Å²) in [6.07, 6.45) is 7.84. The maximum Gasteiger partial charge on any atom is 0.257 e. The standard InChI is InChI=1S/C14H21N3O3/c1-10-4-6-14(19,7-5-10)17-8-12(15-9-18)13(16-17)20-11-2-3-11/h8-11,19H,2-7H2,1H3,(H,15,18). The number of anilines is 1. The molecule has 2 aliphatic carbocycles. The zero-order chi connectivity index (χ0) is 14.2. The van der Waals surface area contributed by atoms with E-state index in [1.54, 1.807) is 10.9 Å². The second-order valence-electron chi connectivity index (χ2n) is 6.04. The van der Waals surface area contributed by atoms with Crippen LogP contribution in [0.25, 0.3) is 0 Å². The van der Waals surface area contributed by atoms with E-state index in [1.165, 1.54) is 0 Å². The lowest BCUT2D eigenvalue weighted by atomic mass is 9.85. The normalized spacial score (nSPS) is 30.0. The smallest absolute Gasteiger partial charge is 0.257 e. The molecule has 2 saturated carbocycles. The van der Waals surface area contributed by atoms with Crippen LogP contribution in [0.3, 0.4) is 0 Å². The Kier molecular flexibility index (Phi) is 3.41. The van der Waals surface area contributed by atoms with E-state index < -0.39 is 5.72 Å². The number of aromatic nitrogens is 2. The molecule has 1 aromatic rings. The molecule has 2 fully saturated rings. The zero-order valence-corrected chi connectivity index (χ0v) is 11.7. The molecule has 20 heavy (non-hydrogen) atoms. The van der Waals surface area contributed by atoms with Crippen LogP contribution in [0.15, 0.2) is 6.20 Å². The minimum Gasteiger partial charge on any atom is -0.472 e. The number of nitrogens with one attached hydrogen (secondary N) is 1. The number of hydrogen-bond acceptors (Lipinski definition) is 4. The highest BCUT2D eigenvalue weighted by atomic mass is 16.5. The molecule has 0 spiro atoms. The van der Waals surface area contributed by atoms with Gasteiger partial charge in [0.25, 0.3) is 5.88 Å². The SMILES string of the molecule is CC1CCC(O)(n2cc(NC=O)c(OC3CC3)n2)CC1. The first-order valence-corrected chi connectivity index (χ1v) is 7.30. The van der Waals surface area contributed by atoms with Gasteiger partial charge in [0.1, 0.15) is 11.8 Å². The molecule has 0 unspecified atom stereocenters. The Morgan fingerprint density at radius 1 is 1.45 bits per heavy atom. The Labute approximate surface area is 118 Å². The van der Waals surface area contributed by atoms with Crippen LogP contribution in [-0.2, 0) is 10.5 Å². The summed E-state index contributed by atoms with van der Waals surface area (Å²) in [7, 11) is 0. The number of carbonyl (C=O) groups excluding carboxylic acids is 1. The van der Waals surface area contributed by atoms with Crippen LogP contribution in [0.4, 0.5) is 5.69 Å². The van der Waals surface area contributed by atoms with Gasteiger partial charge in [-0.15, -0.1) is 5.10 Å². The third kappa shape index (κ3) is 2.65. The van der Waals surface area contributed by atoms with E-state index in [0.717, 1.165) is 25.7 Å². The summed E-state index contributed by atoms with van der Waals surface area (Å²) in [5.41, 5.74) is -0.435. The van der Waals surface area contributed by atoms with Crippen molar-refractivity contribution in [1.29, 1.82) is 0 Å². The minimum atomic E-state index is -0.961. The second-order valence-corrected chi connectivity index (χ2v) is 6.04. The molecular formula is C14H21N3O3. The van der Waals surface area contributed by atoms with Gasteiger partial charge in [-0.05, 0) is 44.4 Å². The minimum absolute atomic E-state index is 0.201. The molecule has 0 aromatic carbocycles. The Morgan fingerprint density at radius 2 is 2.15 bits per heavy atom. The molecule has 3 rings (SSSR count). The highest BCUT2D eigenvalue weighted by molar-refractivity contribution is 5.73. The van der Waals surface area contributed by atoms with E-state index in [2.05, 4.69) is 17.3 Å².